The van der Waals surface area contributed by atoms with Crippen molar-refractivity contribution in [1.82, 2.24) is 10.3 Å². The van der Waals surface area contributed by atoms with Gasteiger partial charge >= 0.3 is 0 Å². The van der Waals surface area contributed by atoms with Gasteiger partial charge in [0.15, 0.2) is 0 Å². The van der Waals surface area contributed by atoms with Crippen LogP contribution in [0.2, 0.25) is 5.02 Å². The molecule has 0 radical (unpaired) electrons. The number of halogens is 1. The maximum atomic E-state index is 12.4. The van der Waals surface area contributed by atoms with E-state index in [0.717, 1.165) is 5.56 Å². The molecule has 3 rings (SSSR count). The van der Waals surface area contributed by atoms with E-state index in [0.29, 0.717) is 16.5 Å². The molecule has 0 atom stereocenters. The third-order valence-electron chi connectivity index (χ3n) is 3.96. The van der Waals surface area contributed by atoms with E-state index in [4.69, 9.17) is 16.3 Å². The highest BCUT2D eigenvalue weighted by Gasteiger charge is 2.13. The molecule has 0 aliphatic heterocycles. The number of carbonyl (C=O) groups excluding carboxylic acids is 2. The van der Waals surface area contributed by atoms with Crippen LogP contribution in [0.15, 0.2) is 66.7 Å². The largest absolute Gasteiger partial charge is 0.497 e. The summed E-state index contributed by atoms with van der Waals surface area (Å²) in [7, 11) is 1.57. The van der Waals surface area contributed by atoms with Gasteiger partial charge in [-0.15, -0.1) is 0 Å². The third-order valence-corrected chi connectivity index (χ3v) is 4.33. The number of nitrogens with one attached hydrogen (secondary N) is 2. The summed E-state index contributed by atoms with van der Waals surface area (Å²) in [6, 6.07) is 18.9. The van der Waals surface area contributed by atoms with Gasteiger partial charge in [-0.1, -0.05) is 35.9 Å². The van der Waals surface area contributed by atoms with Crippen LogP contribution in [-0.2, 0) is 6.54 Å². The van der Waals surface area contributed by atoms with Crippen LogP contribution in [0.4, 0.5) is 5.69 Å². The first-order valence-corrected chi connectivity index (χ1v) is 8.88. The van der Waals surface area contributed by atoms with Crippen molar-refractivity contribution in [3.63, 3.8) is 0 Å². The Labute approximate surface area is 167 Å². The predicted molar refractivity (Wildman–Crippen MR) is 108 cm³/mol. The number of nitrogens with zero attached hydrogens (tertiary/aromatic N) is 1. The van der Waals surface area contributed by atoms with Crippen molar-refractivity contribution in [2.45, 2.75) is 6.54 Å². The van der Waals surface area contributed by atoms with Gasteiger partial charge < -0.3 is 15.4 Å². The minimum absolute atomic E-state index is 0.140. The highest BCUT2D eigenvalue weighted by molar-refractivity contribution is 6.31. The average molecular weight is 396 g/mol. The van der Waals surface area contributed by atoms with Crippen LogP contribution in [0.25, 0.3) is 0 Å². The fourth-order valence-electron chi connectivity index (χ4n) is 2.46. The number of ether oxygens (including phenoxy) is 1. The third kappa shape index (κ3) is 4.86. The molecule has 3 aromatic rings. The predicted octanol–water partition coefficient (Wildman–Crippen LogP) is 3.93. The lowest BCUT2D eigenvalue weighted by Crippen LogP contribution is -2.25. The molecule has 1 heterocycles. The Morgan fingerprint density at radius 2 is 1.61 bits per heavy atom. The van der Waals surface area contributed by atoms with Crippen molar-refractivity contribution in [3.05, 3.63) is 88.7 Å². The zero-order chi connectivity index (χ0) is 19.9. The maximum absolute atomic E-state index is 12.4. The molecule has 28 heavy (non-hydrogen) atoms. The molecule has 7 heteroatoms. The molecule has 0 spiro atoms. The van der Waals surface area contributed by atoms with E-state index in [1.54, 1.807) is 55.6 Å². The summed E-state index contributed by atoms with van der Waals surface area (Å²) in [5.41, 5.74) is 1.68. The van der Waals surface area contributed by atoms with Crippen LogP contribution in [0.5, 0.6) is 5.75 Å². The normalized spacial score (nSPS) is 10.2. The molecule has 0 fully saturated rings. The van der Waals surface area contributed by atoms with Crippen molar-refractivity contribution in [2.75, 3.05) is 12.4 Å². The van der Waals surface area contributed by atoms with Crippen LogP contribution in [0, 0.1) is 0 Å². The summed E-state index contributed by atoms with van der Waals surface area (Å²) in [6.45, 7) is 0.266. The van der Waals surface area contributed by atoms with Crippen molar-refractivity contribution < 1.29 is 14.3 Å². The van der Waals surface area contributed by atoms with Crippen molar-refractivity contribution in [1.29, 1.82) is 0 Å². The van der Waals surface area contributed by atoms with Crippen LogP contribution in [0.3, 0.4) is 0 Å². The van der Waals surface area contributed by atoms with Gasteiger partial charge in [0.25, 0.3) is 11.8 Å². The lowest BCUT2D eigenvalue weighted by Gasteiger charge is -2.08. The fraction of sp³-hybridized carbons (Fsp3) is 0.0952. The maximum Gasteiger partial charge on any atom is 0.274 e. The van der Waals surface area contributed by atoms with E-state index in [1.807, 2.05) is 18.2 Å². The minimum atomic E-state index is -0.411. The monoisotopic (exact) mass is 395 g/mol. The number of amides is 2. The highest BCUT2D eigenvalue weighted by Crippen LogP contribution is 2.16. The second kappa shape index (κ2) is 9.01. The lowest BCUT2D eigenvalue weighted by molar-refractivity contribution is 0.0945. The molecule has 6 nitrogen and oxygen atoms in total. The average Bonchev–Trinajstić information content (AvgIpc) is 2.73. The van der Waals surface area contributed by atoms with Gasteiger partial charge in [0.05, 0.1) is 7.11 Å². The van der Waals surface area contributed by atoms with Crippen molar-refractivity contribution in [3.8, 4) is 5.75 Å². The molecule has 2 N–H and O–H groups in total. The topological polar surface area (TPSA) is 80.3 Å². The number of carbonyl (C=O) groups is 2. The zero-order valence-corrected chi connectivity index (χ0v) is 15.9. The molecule has 0 saturated heterocycles. The smallest absolute Gasteiger partial charge is 0.274 e. The SMILES string of the molecule is COc1ccc(NC(=O)c2cccc(C(=O)NCc3ccccc3Cl)n2)cc1. The molecule has 142 valence electrons. The molecule has 0 unspecified atom stereocenters. The van der Waals surface area contributed by atoms with Gasteiger partial charge in [-0.25, -0.2) is 4.98 Å². The number of aromatic nitrogens is 1. The van der Waals surface area contributed by atoms with E-state index < -0.39 is 5.91 Å². The quantitative estimate of drug-likeness (QED) is 0.662. The number of benzene rings is 2. The van der Waals surface area contributed by atoms with E-state index in [1.165, 1.54) is 0 Å². The molecule has 2 aromatic carbocycles. The van der Waals surface area contributed by atoms with E-state index in [2.05, 4.69) is 15.6 Å². The molecule has 0 bridgehead atoms. The first kappa shape index (κ1) is 19.4. The summed E-state index contributed by atoms with van der Waals surface area (Å²) in [5.74, 6) is -0.113. The molecule has 1 aromatic heterocycles. The van der Waals surface area contributed by atoms with Gasteiger partial charge in [0.2, 0.25) is 0 Å². The number of anilines is 1. The number of methoxy groups -OCH3 is 1. The van der Waals surface area contributed by atoms with Gasteiger partial charge in [-0.05, 0) is 48.0 Å². The summed E-state index contributed by atoms with van der Waals surface area (Å²) < 4.78 is 5.09. The lowest BCUT2D eigenvalue weighted by atomic mass is 10.2. The Balaban J connectivity index is 1.66. The first-order valence-electron chi connectivity index (χ1n) is 8.51. The van der Waals surface area contributed by atoms with Crippen molar-refractivity contribution in [2.24, 2.45) is 0 Å². The molecule has 0 aliphatic carbocycles. The Morgan fingerprint density at radius 1 is 0.929 bits per heavy atom. The van der Waals surface area contributed by atoms with Crippen molar-refractivity contribution >= 4 is 29.1 Å². The Bertz CT molecular complexity index is 990. The number of pyridine rings is 1. The second-order valence-electron chi connectivity index (χ2n) is 5.86. The Hall–Kier alpha value is -3.38. The molecule has 0 saturated carbocycles. The van der Waals surface area contributed by atoms with Crippen LogP contribution < -0.4 is 15.4 Å². The Kier molecular flexibility index (Phi) is 6.24. The summed E-state index contributed by atoms with van der Waals surface area (Å²) >= 11 is 6.09. The van der Waals surface area contributed by atoms with Crippen LogP contribution in [-0.4, -0.2) is 23.9 Å². The fourth-order valence-corrected chi connectivity index (χ4v) is 2.67. The van der Waals surface area contributed by atoms with Gasteiger partial charge in [-0.2, -0.15) is 0 Å². The van der Waals surface area contributed by atoms with Gasteiger partial charge in [0.1, 0.15) is 17.1 Å². The Morgan fingerprint density at radius 3 is 2.29 bits per heavy atom. The minimum Gasteiger partial charge on any atom is -0.497 e. The van der Waals surface area contributed by atoms with Crippen LogP contribution >= 0.6 is 11.6 Å². The highest BCUT2D eigenvalue weighted by atomic mass is 35.5. The summed E-state index contributed by atoms with van der Waals surface area (Å²) in [4.78, 5) is 28.9. The van der Waals surface area contributed by atoms with Gasteiger partial charge in [-0.3, -0.25) is 9.59 Å². The zero-order valence-electron chi connectivity index (χ0n) is 15.1. The molecule has 0 aliphatic rings. The summed E-state index contributed by atoms with van der Waals surface area (Å²) in [6.07, 6.45) is 0. The van der Waals surface area contributed by atoms with Gasteiger partial charge in [0, 0.05) is 17.3 Å². The summed E-state index contributed by atoms with van der Waals surface area (Å²) in [5, 5.41) is 6.06. The molecular formula is C21H18ClN3O3. The molecular weight excluding hydrogens is 378 g/mol. The number of rotatable bonds is 6. The number of hydrogen-bond acceptors (Lipinski definition) is 4. The van der Waals surface area contributed by atoms with Crippen LogP contribution in [0.1, 0.15) is 26.5 Å². The van der Waals surface area contributed by atoms with E-state index in [-0.39, 0.29) is 23.8 Å². The molecule has 2 amide bonds. The van der Waals surface area contributed by atoms with E-state index in [9.17, 15) is 9.59 Å². The second-order valence-corrected chi connectivity index (χ2v) is 6.27. The number of hydrogen-bond donors (Lipinski definition) is 2. The standard InChI is InChI=1S/C21H18ClN3O3/c1-28-16-11-9-15(10-12-16)24-21(27)19-8-4-7-18(25-19)20(26)23-13-14-5-2-3-6-17(14)22/h2-12H,13H2,1H3,(H,23,26)(H,24,27). The first-order chi connectivity index (χ1) is 13.6. The van der Waals surface area contributed by atoms with E-state index >= 15 is 0 Å².